The summed E-state index contributed by atoms with van der Waals surface area (Å²) in [5.74, 6) is -0.493. The molecular weight excluding hydrogens is 508 g/mol. The monoisotopic (exact) mass is 558 g/mol. The molecule has 0 aliphatic heterocycles. The maximum absolute atomic E-state index is 13.2. The van der Waals surface area contributed by atoms with Crippen molar-refractivity contribution >= 4 is 11.8 Å². The summed E-state index contributed by atoms with van der Waals surface area (Å²) in [5.41, 5.74) is -0.0299. The van der Waals surface area contributed by atoms with Crippen LogP contribution in [0, 0.1) is 10.8 Å². The molecule has 41 heavy (non-hydrogen) atoms. The predicted octanol–water partition coefficient (Wildman–Crippen LogP) is 8.77. The van der Waals surface area contributed by atoms with E-state index in [4.69, 9.17) is 4.74 Å². The zero-order valence-corrected chi connectivity index (χ0v) is 25.8. The second kappa shape index (κ2) is 14.8. The van der Waals surface area contributed by atoms with Crippen LogP contribution in [0.5, 0.6) is 0 Å². The topological polar surface area (TPSA) is 63.6 Å². The van der Waals surface area contributed by atoms with E-state index in [1.165, 1.54) is 0 Å². The number of allylic oxidation sites excluding steroid dienone is 12. The van der Waals surface area contributed by atoms with Gasteiger partial charge in [0.2, 0.25) is 0 Å². The fourth-order valence-electron chi connectivity index (χ4n) is 5.96. The minimum atomic E-state index is -1.39. The number of rotatable bonds is 15. The highest BCUT2D eigenvalue weighted by molar-refractivity contribution is 6.09. The molecule has 0 heterocycles. The Morgan fingerprint density at radius 2 is 1.32 bits per heavy atom. The molecule has 1 N–H and O–H groups in total. The summed E-state index contributed by atoms with van der Waals surface area (Å²) in [7, 11) is 0. The molecular formula is C37H50O4. The van der Waals surface area contributed by atoms with Crippen LogP contribution < -0.4 is 0 Å². The van der Waals surface area contributed by atoms with Crippen molar-refractivity contribution in [2.45, 2.75) is 111 Å². The zero-order valence-electron chi connectivity index (χ0n) is 25.8. The van der Waals surface area contributed by atoms with E-state index in [-0.39, 0.29) is 11.8 Å². The number of ketones is 1. The molecule has 4 heteroatoms. The van der Waals surface area contributed by atoms with Gasteiger partial charge in [0.1, 0.15) is 11.7 Å². The zero-order chi connectivity index (χ0) is 29.9. The Hall–Kier alpha value is -2.98. The quantitative estimate of drug-likeness (QED) is 0.161. The molecule has 0 amide bonds. The summed E-state index contributed by atoms with van der Waals surface area (Å²) in [6.07, 6.45) is 35.7. The Morgan fingerprint density at radius 1 is 0.854 bits per heavy atom. The Balaban J connectivity index is 1.34. The third kappa shape index (κ3) is 8.07. The lowest BCUT2D eigenvalue weighted by atomic mass is 9.67. The molecule has 3 aliphatic carbocycles. The van der Waals surface area contributed by atoms with Crippen molar-refractivity contribution in [3.63, 3.8) is 0 Å². The average Bonchev–Trinajstić information content (AvgIpc) is 3.70. The lowest BCUT2D eigenvalue weighted by Crippen LogP contribution is -2.50. The minimum absolute atomic E-state index is 0.236. The van der Waals surface area contributed by atoms with E-state index in [9.17, 15) is 14.7 Å². The summed E-state index contributed by atoms with van der Waals surface area (Å²) in [6, 6.07) is 0. The first-order chi connectivity index (χ1) is 19.6. The molecule has 222 valence electrons. The first kappa shape index (κ1) is 32.5. The standard InChI is InChI=1S/C37H50O4/c1-6-7-8-9-10-11-12-13-14-15-16-17-18-19-20-21-22-23-24-25-31(38)41-34-32-29(2)37(26-27-37)36(5,40)33(39)30(32)28-35(34,3)4/h7-8,10-11,13-14,16-17,19-20,22-23,28,34,40H,6,9,12,15,18,21,24-27H2,1-5H3/b8-7-,11-10-,14-13-,17-16-,20-19-,23-22-/t34-,36+/m1/s1. The van der Waals surface area contributed by atoms with Crippen LogP contribution in [-0.2, 0) is 14.3 Å². The predicted molar refractivity (Wildman–Crippen MR) is 169 cm³/mol. The average molecular weight is 559 g/mol. The van der Waals surface area contributed by atoms with Crippen molar-refractivity contribution in [1.82, 2.24) is 0 Å². The fourth-order valence-corrected chi connectivity index (χ4v) is 5.96. The van der Waals surface area contributed by atoms with Gasteiger partial charge < -0.3 is 9.84 Å². The lowest BCUT2D eigenvalue weighted by molar-refractivity contribution is -0.151. The van der Waals surface area contributed by atoms with Gasteiger partial charge >= 0.3 is 5.97 Å². The van der Waals surface area contributed by atoms with Crippen LogP contribution in [0.15, 0.2) is 95.7 Å². The van der Waals surface area contributed by atoms with Crippen molar-refractivity contribution in [1.29, 1.82) is 0 Å². The van der Waals surface area contributed by atoms with Crippen molar-refractivity contribution < 1.29 is 19.4 Å². The number of ether oxygens (including phenoxy) is 1. The van der Waals surface area contributed by atoms with E-state index >= 15 is 0 Å². The van der Waals surface area contributed by atoms with E-state index in [1.807, 2.05) is 32.9 Å². The number of fused-ring (bicyclic) bond motifs is 1. The van der Waals surface area contributed by atoms with Gasteiger partial charge in [-0.2, -0.15) is 0 Å². The molecule has 1 saturated carbocycles. The number of hydrogen-bond acceptors (Lipinski definition) is 4. The minimum Gasteiger partial charge on any atom is -0.457 e. The number of hydrogen-bond donors (Lipinski definition) is 1. The Morgan fingerprint density at radius 3 is 1.78 bits per heavy atom. The number of Topliss-reactive ketones (excluding diaryl/α,β-unsaturated/α-hetero) is 1. The number of esters is 1. The normalized spacial score (nSPS) is 25.3. The Labute approximate surface area is 248 Å². The molecule has 3 rings (SSSR count). The highest BCUT2D eigenvalue weighted by Gasteiger charge is 2.66. The fraction of sp³-hybridized carbons (Fsp3) is 0.514. The van der Waals surface area contributed by atoms with Gasteiger partial charge in [-0.25, -0.2) is 0 Å². The van der Waals surface area contributed by atoms with Gasteiger partial charge in [0.25, 0.3) is 0 Å². The summed E-state index contributed by atoms with van der Waals surface area (Å²) in [6.45, 7) is 9.76. The molecule has 0 bridgehead atoms. The van der Waals surface area contributed by atoms with E-state index in [2.05, 4.69) is 73.8 Å². The highest BCUT2D eigenvalue weighted by atomic mass is 16.5. The molecule has 4 nitrogen and oxygen atoms in total. The van der Waals surface area contributed by atoms with Crippen LogP contribution >= 0.6 is 0 Å². The van der Waals surface area contributed by atoms with Crippen molar-refractivity contribution in [3.05, 3.63) is 95.7 Å². The molecule has 0 saturated heterocycles. The largest absolute Gasteiger partial charge is 0.457 e. The van der Waals surface area contributed by atoms with Crippen molar-refractivity contribution in [3.8, 4) is 0 Å². The third-order valence-corrected chi connectivity index (χ3v) is 8.60. The maximum Gasteiger partial charge on any atom is 0.306 e. The van der Waals surface area contributed by atoms with Gasteiger partial charge in [0, 0.05) is 28.4 Å². The molecule has 3 aliphatic rings. The SMILES string of the molecule is CC/C=C\C/C=C\C/C=C\C/C=C\C/C=C\C/C=C\CCC(=O)O[C@@H]1C2=C(C)C3(CC3)[C@@](C)(O)C(=O)C2=CC1(C)C. The second-order valence-corrected chi connectivity index (χ2v) is 12.2. The summed E-state index contributed by atoms with van der Waals surface area (Å²) in [5, 5.41) is 11.1. The number of carbonyl (C=O) groups is 2. The number of aliphatic hydroxyl groups is 1. The first-order valence-corrected chi connectivity index (χ1v) is 15.4. The molecule has 0 radical (unpaired) electrons. The maximum atomic E-state index is 13.2. The summed E-state index contributed by atoms with van der Waals surface area (Å²) < 4.78 is 5.99. The van der Waals surface area contributed by atoms with Gasteiger partial charge in [0.15, 0.2) is 5.78 Å². The van der Waals surface area contributed by atoms with E-state index in [0.29, 0.717) is 18.4 Å². The smallest absolute Gasteiger partial charge is 0.306 e. The molecule has 2 atom stereocenters. The van der Waals surface area contributed by atoms with Crippen LogP contribution in [0.4, 0.5) is 0 Å². The van der Waals surface area contributed by atoms with E-state index < -0.39 is 22.5 Å². The first-order valence-electron chi connectivity index (χ1n) is 15.4. The van der Waals surface area contributed by atoms with Gasteiger partial charge in [-0.15, -0.1) is 0 Å². The van der Waals surface area contributed by atoms with Crippen molar-refractivity contribution in [2.75, 3.05) is 0 Å². The van der Waals surface area contributed by atoms with Gasteiger partial charge in [-0.3, -0.25) is 9.59 Å². The van der Waals surface area contributed by atoms with Crippen LogP contribution in [0.2, 0.25) is 0 Å². The third-order valence-electron chi connectivity index (χ3n) is 8.60. The molecule has 0 aromatic heterocycles. The molecule has 0 aromatic carbocycles. The highest BCUT2D eigenvalue weighted by Crippen LogP contribution is 2.65. The van der Waals surface area contributed by atoms with Crippen LogP contribution in [0.3, 0.4) is 0 Å². The summed E-state index contributed by atoms with van der Waals surface area (Å²) in [4.78, 5) is 26.0. The number of carbonyl (C=O) groups excluding carboxylic acids is 2. The van der Waals surface area contributed by atoms with Gasteiger partial charge in [0.05, 0.1) is 0 Å². The molecule has 0 aromatic rings. The van der Waals surface area contributed by atoms with Crippen LogP contribution in [0.25, 0.3) is 0 Å². The molecule has 0 unspecified atom stereocenters. The van der Waals surface area contributed by atoms with Crippen molar-refractivity contribution in [2.24, 2.45) is 10.8 Å². The van der Waals surface area contributed by atoms with Gasteiger partial charge in [-0.05, 0) is 71.6 Å². The Kier molecular flexibility index (Phi) is 11.7. The molecule has 1 spiro atoms. The lowest BCUT2D eigenvalue weighted by Gasteiger charge is -2.40. The van der Waals surface area contributed by atoms with E-state index in [1.54, 1.807) is 6.92 Å². The molecule has 1 fully saturated rings. The Bertz CT molecular complexity index is 1180. The van der Waals surface area contributed by atoms with E-state index in [0.717, 1.165) is 62.5 Å². The second-order valence-electron chi connectivity index (χ2n) is 12.2. The van der Waals surface area contributed by atoms with Crippen LogP contribution in [-0.4, -0.2) is 28.6 Å². The van der Waals surface area contributed by atoms with Gasteiger partial charge in [-0.1, -0.05) is 105 Å². The van der Waals surface area contributed by atoms with Crippen LogP contribution in [0.1, 0.15) is 98.8 Å². The summed E-state index contributed by atoms with van der Waals surface area (Å²) >= 11 is 0.